The summed E-state index contributed by atoms with van der Waals surface area (Å²) in [5.41, 5.74) is 11.3. The highest BCUT2D eigenvalue weighted by atomic mass is 32.1. The molecule has 0 fully saturated rings. The minimum atomic E-state index is -0.0387. The number of guanidine groups is 2. The molecular formula is C13H16N8OS. The van der Waals surface area contributed by atoms with Crippen LogP contribution in [0.2, 0.25) is 0 Å². The maximum Gasteiger partial charge on any atom is 0.212 e. The molecule has 2 rings (SSSR count). The third kappa shape index (κ3) is 4.45. The van der Waals surface area contributed by atoms with Gasteiger partial charge in [-0.3, -0.25) is 0 Å². The third-order valence-corrected chi connectivity index (χ3v) is 3.37. The molecule has 0 spiro atoms. The molecule has 0 saturated heterocycles. The molecule has 10 heteroatoms. The zero-order valence-electron chi connectivity index (χ0n) is 12.6. The Balaban J connectivity index is 2.06. The number of nitrogens with zero attached hydrogens (tertiary/aromatic N) is 5. The monoisotopic (exact) mass is 332 g/mol. The quantitative estimate of drug-likeness (QED) is 0.427. The number of nitrogens with one attached hydrogen (secondary N) is 1. The first-order valence-corrected chi connectivity index (χ1v) is 7.39. The number of hydrogen-bond donors (Lipinski definition) is 3. The number of nitriles is 1. The summed E-state index contributed by atoms with van der Waals surface area (Å²) in [6.45, 7) is 0.392. The van der Waals surface area contributed by atoms with Gasteiger partial charge in [0.1, 0.15) is 11.5 Å². The van der Waals surface area contributed by atoms with Crippen molar-refractivity contribution in [2.45, 2.75) is 6.54 Å². The maximum atomic E-state index is 8.64. The SMILES string of the molecule is CN(C)/C(=N/C#N)NCc1ccc(-c2csc(N=C(N)N)n2)o1. The number of nitrogens with two attached hydrogens (primary N) is 2. The minimum absolute atomic E-state index is 0.0387. The molecule has 0 unspecified atom stereocenters. The van der Waals surface area contributed by atoms with E-state index in [0.29, 0.717) is 34.9 Å². The number of thiazole rings is 1. The molecule has 0 aliphatic carbocycles. The Morgan fingerprint density at radius 2 is 2.26 bits per heavy atom. The van der Waals surface area contributed by atoms with Crippen LogP contribution in [-0.2, 0) is 6.54 Å². The van der Waals surface area contributed by atoms with E-state index in [-0.39, 0.29) is 5.96 Å². The fourth-order valence-corrected chi connectivity index (χ4v) is 2.36. The summed E-state index contributed by atoms with van der Waals surface area (Å²) in [4.78, 5) is 13.5. The molecule has 5 N–H and O–H groups in total. The Morgan fingerprint density at radius 1 is 1.48 bits per heavy atom. The number of rotatable bonds is 4. The van der Waals surface area contributed by atoms with Gasteiger partial charge in [-0.15, -0.1) is 16.3 Å². The van der Waals surface area contributed by atoms with Crippen molar-refractivity contribution in [3.05, 3.63) is 23.3 Å². The van der Waals surface area contributed by atoms with Gasteiger partial charge in [0.15, 0.2) is 11.7 Å². The number of aromatic nitrogens is 1. The highest BCUT2D eigenvalue weighted by molar-refractivity contribution is 7.13. The number of furan rings is 1. The Labute approximate surface area is 137 Å². The summed E-state index contributed by atoms with van der Waals surface area (Å²) in [6, 6.07) is 3.63. The van der Waals surface area contributed by atoms with Gasteiger partial charge in [0.25, 0.3) is 0 Å². The second-order valence-electron chi connectivity index (χ2n) is 4.60. The second kappa shape index (κ2) is 7.28. The van der Waals surface area contributed by atoms with Crippen LogP contribution in [0.25, 0.3) is 11.5 Å². The molecule has 9 nitrogen and oxygen atoms in total. The summed E-state index contributed by atoms with van der Waals surface area (Å²) in [7, 11) is 3.58. The van der Waals surface area contributed by atoms with Crippen molar-refractivity contribution in [1.82, 2.24) is 15.2 Å². The third-order valence-electron chi connectivity index (χ3n) is 2.63. The fourth-order valence-electron chi connectivity index (χ4n) is 1.66. The van der Waals surface area contributed by atoms with Crippen LogP contribution in [0.3, 0.4) is 0 Å². The predicted octanol–water partition coefficient (Wildman–Crippen LogP) is 0.796. The second-order valence-corrected chi connectivity index (χ2v) is 5.44. The lowest BCUT2D eigenvalue weighted by atomic mass is 10.3. The highest BCUT2D eigenvalue weighted by Gasteiger charge is 2.10. The predicted molar refractivity (Wildman–Crippen MR) is 88.9 cm³/mol. The molecule has 2 aromatic heterocycles. The Kier molecular flexibility index (Phi) is 5.16. The van der Waals surface area contributed by atoms with E-state index in [2.05, 4.69) is 20.3 Å². The van der Waals surface area contributed by atoms with Crippen LogP contribution in [-0.4, -0.2) is 35.9 Å². The van der Waals surface area contributed by atoms with Crippen molar-refractivity contribution >= 4 is 28.4 Å². The molecule has 0 saturated carbocycles. The lowest BCUT2D eigenvalue weighted by Crippen LogP contribution is -2.35. The average molecular weight is 332 g/mol. The molecule has 0 aliphatic rings. The van der Waals surface area contributed by atoms with Gasteiger partial charge in [-0.05, 0) is 12.1 Å². The molecule has 2 aromatic rings. The first kappa shape index (κ1) is 16.3. The van der Waals surface area contributed by atoms with E-state index in [0.717, 1.165) is 0 Å². The Bertz CT molecular complexity index is 763. The van der Waals surface area contributed by atoms with Gasteiger partial charge in [-0.1, -0.05) is 0 Å². The minimum Gasteiger partial charge on any atom is -0.458 e. The van der Waals surface area contributed by atoms with Crippen molar-refractivity contribution in [3.63, 3.8) is 0 Å². The van der Waals surface area contributed by atoms with E-state index in [1.165, 1.54) is 11.3 Å². The van der Waals surface area contributed by atoms with E-state index in [1.54, 1.807) is 30.6 Å². The zero-order chi connectivity index (χ0) is 16.8. The Morgan fingerprint density at radius 3 is 2.91 bits per heavy atom. The van der Waals surface area contributed by atoms with Gasteiger partial charge in [-0.2, -0.15) is 10.3 Å². The molecule has 0 aliphatic heterocycles. The van der Waals surface area contributed by atoms with E-state index in [9.17, 15) is 0 Å². The Hall–Kier alpha value is -3.06. The van der Waals surface area contributed by atoms with Crippen LogP contribution in [0.15, 0.2) is 31.9 Å². The lowest BCUT2D eigenvalue weighted by Gasteiger charge is -2.14. The lowest BCUT2D eigenvalue weighted by molar-refractivity contribution is 0.502. The smallest absolute Gasteiger partial charge is 0.212 e. The normalized spacial score (nSPS) is 10.9. The molecule has 0 atom stereocenters. The molecule has 0 amide bonds. The van der Waals surface area contributed by atoms with Crippen molar-refractivity contribution in [2.75, 3.05) is 14.1 Å². The first-order valence-electron chi connectivity index (χ1n) is 6.52. The van der Waals surface area contributed by atoms with Gasteiger partial charge in [0.05, 0.1) is 6.54 Å². The van der Waals surface area contributed by atoms with Crippen molar-refractivity contribution in [3.8, 4) is 17.6 Å². The average Bonchev–Trinajstić information content (AvgIpc) is 3.11. The molecule has 2 heterocycles. The van der Waals surface area contributed by atoms with E-state index < -0.39 is 0 Å². The van der Waals surface area contributed by atoms with Gasteiger partial charge < -0.3 is 26.1 Å². The van der Waals surface area contributed by atoms with Crippen LogP contribution in [0.5, 0.6) is 0 Å². The van der Waals surface area contributed by atoms with Crippen LogP contribution in [0.4, 0.5) is 5.13 Å². The van der Waals surface area contributed by atoms with Crippen LogP contribution < -0.4 is 16.8 Å². The summed E-state index contributed by atoms with van der Waals surface area (Å²) < 4.78 is 5.71. The fraction of sp³-hybridized carbons (Fsp3) is 0.231. The number of aliphatic imine (C=N–C) groups is 2. The molecule has 120 valence electrons. The van der Waals surface area contributed by atoms with Crippen LogP contribution in [0.1, 0.15) is 5.76 Å². The van der Waals surface area contributed by atoms with E-state index in [4.69, 9.17) is 21.1 Å². The van der Waals surface area contributed by atoms with Crippen molar-refractivity contribution in [1.29, 1.82) is 5.26 Å². The molecule has 0 bridgehead atoms. The van der Waals surface area contributed by atoms with E-state index in [1.807, 2.05) is 12.1 Å². The van der Waals surface area contributed by atoms with Gasteiger partial charge in [0.2, 0.25) is 17.3 Å². The van der Waals surface area contributed by atoms with Gasteiger partial charge in [-0.25, -0.2) is 4.98 Å². The summed E-state index contributed by atoms with van der Waals surface area (Å²) in [6.07, 6.45) is 1.75. The maximum absolute atomic E-state index is 8.64. The largest absolute Gasteiger partial charge is 0.458 e. The molecule has 0 aromatic carbocycles. The number of hydrogen-bond acceptors (Lipinski definition) is 6. The zero-order valence-corrected chi connectivity index (χ0v) is 13.5. The summed E-state index contributed by atoms with van der Waals surface area (Å²) >= 11 is 1.31. The van der Waals surface area contributed by atoms with Crippen molar-refractivity contribution < 1.29 is 4.42 Å². The highest BCUT2D eigenvalue weighted by Crippen LogP contribution is 2.27. The molecule has 0 radical (unpaired) electrons. The van der Waals surface area contributed by atoms with Gasteiger partial charge >= 0.3 is 0 Å². The van der Waals surface area contributed by atoms with Crippen molar-refractivity contribution in [2.24, 2.45) is 21.5 Å². The molecular weight excluding hydrogens is 316 g/mol. The van der Waals surface area contributed by atoms with Crippen LogP contribution in [0, 0.1) is 11.5 Å². The standard InChI is InChI=1S/C13H16N8OS/c1-21(2)12(18-7-14)17-5-8-3-4-10(22-8)9-6-23-13(19-9)20-11(15)16/h3-4,6H,5H2,1-2H3,(H,17,18)(H4,15,16,19,20). The summed E-state index contributed by atoms with van der Waals surface area (Å²) in [5.74, 6) is 1.71. The van der Waals surface area contributed by atoms with Gasteiger partial charge in [0, 0.05) is 19.5 Å². The summed E-state index contributed by atoms with van der Waals surface area (Å²) in [5, 5.41) is 13.9. The topological polar surface area (TPSA) is 142 Å². The molecule has 23 heavy (non-hydrogen) atoms. The van der Waals surface area contributed by atoms with Crippen LogP contribution >= 0.6 is 11.3 Å². The van der Waals surface area contributed by atoms with E-state index >= 15 is 0 Å². The first-order chi connectivity index (χ1) is 11.0.